The van der Waals surface area contributed by atoms with Crippen molar-refractivity contribution in [1.82, 2.24) is 9.13 Å². The van der Waals surface area contributed by atoms with Crippen molar-refractivity contribution in [3.63, 3.8) is 0 Å². The predicted molar refractivity (Wildman–Crippen MR) is 200 cm³/mol. The Balaban J connectivity index is 1.49. The van der Waals surface area contributed by atoms with Crippen LogP contribution in [0.1, 0.15) is 66.1 Å². The van der Waals surface area contributed by atoms with Crippen LogP contribution < -0.4 is 19.6 Å². The standard InChI is InChI=1S/C42H38FN3O4S/c1-6-50-41(48)37-38(28-12-8-7-9-13-28)44-42-46(39(37)33-22-32(25(2)3)35(49-5)20-26(33)4)40(47)36(51-42)21-29-24-45(34-15-11-10-14-31(29)34)23-27-16-18-30(43)19-17-27/h7-22,24-25,39H,6,23H2,1-5H3. The molecular formula is C42H38FN3O4S. The van der Waals surface area contributed by atoms with Crippen molar-refractivity contribution in [2.75, 3.05) is 13.7 Å². The van der Waals surface area contributed by atoms with Crippen LogP contribution >= 0.6 is 11.3 Å². The van der Waals surface area contributed by atoms with Crippen LogP contribution in [0, 0.1) is 12.7 Å². The van der Waals surface area contributed by atoms with E-state index in [1.165, 1.54) is 23.5 Å². The SMILES string of the molecule is CCOC(=O)C1=C(c2ccccc2)N=c2sc(=Cc3cn(Cc4ccc(F)cc4)c4ccccc34)c(=O)n2C1c1cc(C(C)C)c(OC)cc1C. The van der Waals surface area contributed by atoms with E-state index in [1.807, 2.05) is 79.9 Å². The van der Waals surface area contributed by atoms with Crippen LogP contribution in [0.25, 0.3) is 22.7 Å². The Morgan fingerprint density at radius 1 is 1.02 bits per heavy atom. The van der Waals surface area contributed by atoms with Gasteiger partial charge in [-0.25, -0.2) is 14.2 Å². The highest BCUT2D eigenvalue weighted by Gasteiger charge is 2.36. The highest BCUT2D eigenvalue weighted by atomic mass is 32.1. The van der Waals surface area contributed by atoms with Gasteiger partial charge in [-0.2, -0.15) is 0 Å². The van der Waals surface area contributed by atoms with E-state index < -0.39 is 12.0 Å². The first-order valence-electron chi connectivity index (χ1n) is 17.0. The highest BCUT2D eigenvalue weighted by Crippen LogP contribution is 2.40. The first kappa shape index (κ1) is 33.9. The van der Waals surface area contributed by atoms with E-state index in [0.717, 1.165) is 50.0 Å². The number of para-hydroxylation sites is 1. The van der Waals surface area contributed by atoms with E-state index in [9.17, 15) is 14.0 Å². The molecule has 3 heterocycles. The Morgan fingerprint density at radius 3 is 2.45 bits per heavy atom. The van der Waals surface area contributed by atoms with Gasteiger partial charge in [-0.15, -0.1) is 0 Å². The van der Waals surface area contributed by atoms with Crippen LogP contribution in [0.4, 0.5) is 4.39 Å². The fourth-order valence-corrected chi connectivity index (χ4v) is 7.81. The minimum Gasteiger partial charge on any atom is -0.496 e. The number of hydrogen-bond donors (Lipinski definition) is 0. The van der Waals surface area contributed by atoms with Gasteiger partial charge in [-0.1, -0.05) is 85.8 Å². The average Bonchev–Trinajstić information content (AvgIpc) is 3.64. The summed E-state index contributed by atoms with van der Waals surface area (Å²) in [4.78, 5) is 34.3. The number of nitrogens with zero attached hydrogens (tertiary/aromatic N) is 3. The summed E-state index contributed by atoms with van der Waals surface area (Å²) in [6, 6.07) is 27.3. The molecule has 7 nitrogen and oxygen atoms in total. The first-order chi connectivity index (χ1) is 24.7. The third-order valence-corrected chi connectivity index (χ3v) is 10.3. The van der Waals surface area contributed by atoms with Gasteiger partial charge in [-0.3, -0.25) is 9.36 Å². The Kier molecular flexibility index (Phi) is 9.31. The van der Waals surface area contributed by atoms with Crippen molar-refractivity contribution in [2.24, 2.45) is 4.99 Å². The van der Waals surface area contributed by atoms with Crippen LogP contribution in [-0.2, 0) is 16.1 Å². The number of halogens is 1. The minimum absolute atomic E-state index is 0.117. The molecule has 6 aromatic rings. The van der Waals surface area contributed by atoms with Crippen molar-refractivity contribution >= 4 is 40.0 Å². The third kappa shape index (κ3) is 6.34. The molecule has 7 rings (SSSR count). The van der Waals surface area contributed by atoms with E-state index in [2.05, 4.69) is 24.5 Å². The van der Waals surface area contributed by atoms with E-state index in [1.54, 1.807) is 30.7 Å². The van der Waals surface area contributed by atoms with E-state index in [-0.39, 0.29) is 23.9 Å². The van der Waals surface area contributed by atoms with E-state index in [0.29, 0.717) is 27.1 Å². The van der Waals surface area contributed by atoms with Gasteiger partial charge in [0.05, 0.1) is 35.6 Å². The lowest BCUT2D eigenvalue weighted by molar-refractivity contribution is -0.138. The Hall–Kier alpha value is -5.54. The van der Waals surface area contributed by atoms with Gasteiger partial charge in [0.2, 0.25) is 0 Å². The molecule has 51 heavy (non-hydrogen) atoms. The molecule has 0 radical (unpaired) electrons. The lowest BCUT2D eigenvalue weighted by Gasteiger charge is -2.28. The zero-order valence-electron chi connectivity index (χ0n) is 29.1. The number of thiazole rings is 1. The molecule has 258 valence electrons. The lowest BCUT2D eigenvalue weighted by atomic mass is 9.87. The maximum atomic E-state index is 14.7. The molecule has 0 saturated heterocycles. The van der Waals surface area contributed by atoms with Gasteiger partial charge in [0, 0.05) is 34.8 Å². The number of carbonyl (C=O) groups excluding carboxylic acids is 1. The molecule has 0 fully saturated rings. The molecule has 2 aromatic heterocycles. The fourth-order valence-electron chi connectivity index (χ4n) is 6.82. The second-order valence-corrected chi connectivity index (χ2v) is 13.9. The lowest BCUT2D eigenvalue weighted by Crippen LogP contribution is -2.40. The summed E-state index contributed by atoms with van der Waals surface area (Å²) < 4.78 is 29.3. The van der Waals surface area contributed by atoms with Crippen molar-refractivity contribution in [2.45, 2.75) is 46.2 Å². The molecule has 0 amide bonds. The molecule has 1 atom stereocenters. The second kappa shape index (κ2) is 14.0. The Labute approximate surface area is 299 Å². The van der Waals surface area contributed by atoms with Crippen LogP contribution in [0.2, 0.25) is 0 Å². The molecule has 0 aliphatic carbocycles. The number of fused-ring (bicyclic) bond motifs is 2. The molecule has 0 spiro atoms. The number of rotatable bonds is 9. The number of aromatic nitrogens is 2. The zero-order valence-corrected chi connectivity index (χ0v) is 30.0. The van der Waals surface area contributed by atoms with Crippen molar-refractivity contribution in [1.29, 1.82) is 0 Å². The second-order valence-electron chi connectivity index (χ2n) is 12.9. The minimum atomic E-state index is -0.805. The normalized spacial score (nSPS) is 14.6. The van der Waals surface area contributed by atoms with Crippen molar-refractivity contribution in [3.05, 3.63) is 162 Å². The summed E-state index contributed by atoms with van der Waals surface area (Å²) in [5, 5.41) is 0.978. The van der Waals surface area contributed by atoms with E-state index >= 15 is 0 Å². The van der Waals surface area contributed by atoms with Gasteiger partial charge in [0.15, 0.2) is 4.80 Å². The summed E-state index contributed by atoms with van der Waals surface area (Å²) in [6.45, 7) is 8.63. The number of esters is 1. The van der Waals surface area contributed by atoms with Gasteiger partial charge in [0.1, 0.15) is 11.6 Å². The van der Waals surface area contributed by atoms with Crippen LogP contribution in [0.3, 0.4) is 0 Å². The Morgan fingerprint density at radius 2 is 1.75 bits per heavy atom. The number of aryl methyl sites for hydroxylation is 1. The summed E-state index contributed by atoms with van der Waals surface area (Å²) in [5.41, 5.74) is 6.73. The number of hydrogen-bond acceptors (Lipinski definition) is 6. The summed E-state index contributed by atoms with van der Waals surface area (Å²) in [7, 11) is 1.65. The van der Waals surface area contributed by atoms with Crippen LogP contribution in [0.5, 0.6) is 5.75 Å². The maximum Gasteiger partial charge on any atom is 0.338 e. The van der Waals surface area contributed by atoms with Gasteiger partial charge in [0.25, 0.3) is 5.56 Å². The average molecular weight is 700 g/mol. The fraction of sp³-hybridized carbons (Fsp3) is 0.214. The monoisotopic (exact) mass is 699 g/mol. The number of benzene rings is 4. The summed E-state index contributed by atoms with van der Waals surface area (Å²) in [6.07, 6.45) is 3.92. The molecule has 0 bridgehead atoms. The topological polar surface area (TPSA) is 74.8 Å². The van der Waals surface area contributed by atoms with E-state index in [4.69, 9.17) is 14.5 Å². The zero-order chi connectivity index (χ0) is 35.8. The molecule has 1 aliphatic heterocycles. The van der Waals surface area contributed by atoms with Crippen molar-refractivity contribution < 1.29 is 18.7 Å². The summed E-state index contributed by atoms with van der Waals surface area (Å²) in [5.74, 6) is 0.0634. The van der Waals surface area contributed by atoms with Gasteiger partial charge < -0.3 is 14.0 Å². The maximum absolute atomic E-state index is 14.7. The number of methoxy groups -OCH3 is 1. The first-order valence-corrected chi connectivity index (χ1v) is 17.8. The highest BCUT2D eigenvalue weighted by molar-refractivity contribution is 7.07. The largest absolute Gasteiger partial charge is 0.496 e. The predicted octanol–water partition coefficient (Wildman–Crippen LogP) is 7.52. The van der Waals surface area contributed by atoms with Crippen molar-refractivity contribution in [3.8, 4) is 5.75 Å². The molecule has 1 unspecified atom stereocenters. The molecule has 4 aromatic carbocycles. The quantitative estimate of drug-likeness (QED) is 0.147. The molecule has 0 N–H and O–H groups in total. The van der Waals surface area contributed by atoms with Gasteiger partial charge in [-0.05, 0) is 78.4 Å². The molecule has 9 heteroatoms. The third-order valence-electron chi connectivity index (χ3n) is 9.28. The Bertz CT molecular complexity index is 2490. The number of carbonyl (C=O) groups is 1. The molecule has 1 aliphatic rings. The molecular weight excluding hydrogens is 662 g/mol. The van der Waals surface area contributed by atoms with Gasteiger partial charge >= 0.3 is 5.97 Å². The van der Waals surface area contributed by atoms with Crippen LogP contribution in [-0.4, -0.2) is 28.8 Å². The summed E-state index contributed by atoms with van der Waals surface area (Å²) >= 11 is 1.29. The smallest absolute Gasteiger partial charge is 0.338 e. The molecule has 0 saturated carbocycles. The van der Waals surface area contributed by atoms with Crippen LogP contribution in [0.15, 0.2) is 113 Å². The number of ether oxygens (including phenoxy) is 2.